The van der Waals surface area contributed by atoms with E-state index in [2.05, 4.69) is 0 Å². The van der Waals surface area contributed by atoms with Crippen molar-refractivity contribution in [2.75, 3.05) is 0 Å². The van der Waals surface area contributed by atoms with E-state index in [0.29, 0.717) is 0 Å². The largest absolute Gasteiger partial charge is 0.744 e. The minimum Gasteiger partial charge on any atom is -0.744 e. The highest BCUT2D eigenvalue weighted by Crippen LogP contribution is 2.37. The second-order valence-corrected chi connectivity index (χ2v) is 8.62. The Kier molecular flexibility index (Phi) is 6.74. The van der Waals surface area contributed by atoms with Crippen molar-refractivity contribution in [2.24, 2.45) is 7.05 Å². The zero-order chi connectivity index (χ0) is 21.1. The standard InChI is InChI=1S/C12H11F3NS.C7H8O3S/c1-8-5-6-16(2)11-4-3-9(7-10(8)11)17-12(13,14)15;1-6-2-4-7(5-3-6)11(8,9)10/h3-7H,1-2H3;2-5H,1H3,(H,8,9,10)/q+1;/p-1. The molecule has 0 unspecified atom stereocenters. The van der Waals surface area contributed by atoms with Crippen LogP contribution in [0.1, 0.15) is 11.1 Å². The van der Waals surface area contributed by atoms with Gasteiger partial charge in [-0.2, -0.15) is 13.2 Å². The minimum absolute atomic E-state index is 0.0791. The van der Waals surface area contributed by atoms with Gasteiger partial charge in [0.05, 0.1) is 10.3 Å². The Morgan fingerprint density at radius 1 is 1.00 bits per heavy atom. The number of hydrogen-bond donors (Lipinski definition) is 0. The van der Waals surface area contributed by atoms with E-state index in [1.165, 1.54) is 18.2 Å². The Morgan fingerprint density at radius 3 is 2.14 bits per heavy atom. The third-order valence-electron chi connectivity index (χ3n) is 3.86. The average molecular weight is 429 g/mol. The molecule has 1 heterocycles. The second kappa shape index (κ2) is 8.50. The summed E-state index contributed by atoms with van der Waals surface area (Å²) in [6.07, 6.45) is 1.90. The molecule has 0 aliphatic heterocycles. The Bertz CT molecular complexity index is 1080. The highest BCUT2D eigenvalue weighted by molar-refractivity contribution is 8.00. The smallest absolute Gasteiger partial charge is 0.446 e. The van der Waals surface area contributed by atoms with Crippen molar-refractivity contribution < 1.29 is 30.7 Å². The molecule has 28 heavy (non-hydrogen) atoms. The van der Waals surface area contributed by atoms with Crippen LogP contribution < -0.4 is 4.57 Å². The van der Waals surface area contributed by atoms with Gasteiger partial charge in [-0.05, 0) is 55.4 Å². The van der Waals surface area contributed by atoms with Gasteiger partial charge in [-0.25, -0.2) is 13.0 Å². The molecule has 2 aromatic carbocycles. The molecule has 0 aliphatic carbocycles. The Hall–Kier alpha value is -2.10. The molecule has 0 aliphatic rings. The molecule has 1 aromatic heterocycles. The molecule has 0 spiro atoms. The monoisotopic (exact) mass is 429 g/mol. The lowest BCUT2D eigenvalue weighted by atomic mass is 10.1. The van der Waals surface area contributed by atoms with Crippen LogP contribution in [0.2, 0.25) is 0 Å². The van der Waals surface area contributed by atoms with Gasteiger partial charge in [-0.1, -0.05) is 17.7 Å². The van der Waals surface area contributed by atoms with Crippen LogP contribution in [0.25, 0.3) is 10.9 Å². The summed E-state index contributed by atoms with van der Waals surface area (Å²) in [7, 11) is -2.40. The van der Waals surface area contributed by atoms with Crippen LogP contribution in [0, 0.1) is 13.8 Å². The third kappa shape index (κ3) is 6.22. The summed E-state index contributed by atoms with van der Waals surface area (Å²) in [5.74, 6) is 0. The van der Waals surface area contributed by atoms with Crippen molar-refractivity contribution in [1.82, 2.24) is 0 Å². The van der Waals surface area contributed by atoms with Gasteiger partial charge in [-0.3, -0.25) is 0 Å². The number of fused-ring (bicyclic) bond motifs is 1. The van der Waals surface area contributed by atoms with Gasteiger partial charge in [0.15, 0.2) is 6.20 Å². The number of halogens is 3. The lowest BCUT2D eigenvalue weighted by molar-refractivity contribution is -0.644. The number of alkyl halides is 3. The van der Waals surface area contributed by atoms with E-state index < -0.39 is 15.6 Å². The first-order valence-corrected chi connectivity index (χ1v) is 10.3. The van der Waals surface area contributed by atoms with Gasteiger partial charge in [0, 0.05) is 17.0 Å². The molecule has 0 bridgehead atoms. The molecule has 0 atom stereocenters. The molecule has 3 rings (SSSR count). The molecule has 0 saturated carbocycles. The van der Waals surface area contributed by atoms with E-state index in [1.807, 2.05) is 37.7 Å². The molecule has 0 N–H and O–H groups in total. The fraction of sp³-hybridized carbons (Fsp3) is 0.211. The van der Waals surface area contributed by atoms with Crippen molar-refractivity contribution in [1.29, 1.82) is 0 Å². The Balaban J connectivity index is 0.000000221. The van der Waals surface area contributed by atoms with E-state index in [9.17, 15) is 26.1 Å². The average Bonchev–Trinajstić information content (AvgIpc) is 2.57. The lowest BCUT2D eigenvalue weighted by Crippen LogP contribution is -2.28. The molecule has 3 aromatic rings. The first-order valence-electron chi connectivity index (χ1n) is 8.04. The zero-order valence-corrected chi connectivity index (χ0v) is 17.0. The molecule has 0 fully saturated rings. The maximum Gasteiger partial charge on any atom is 0.446 e. The highest BCUT2D eigenvalue weighted by atomic mass is 32.2. The van der Waals surface area contributed by atoms with E-state index >= 15 is 0 Å². The van der Waals surface area contributed by atoms with Gasteiger partial charge in [0.2, 0.25) is 5.52 Å². The zero-order valence-electron chi connectivity index (χ0n) is 15.3. The Morgan fingerprint density at radius 2 is 1.61 bits per heavy atom. The third-order valence-corrected chi connectivity index (χ3v) is 5.43. The van der Waals surface area contributed by atoms with Crippen LogP contribution in [-0.2, 0) is 17.2 Å². The second-order valence-electron chi connectivity index (χ2n) is 6.10. The lowest BCUT2D eigenvalue weighted by Gasteiger charge is -2.06. The number of nitrogens with zero attached hydrogens (tertiary/aromatic N) is 1. The normalized spacial score (nSPS) is 11.8. The predicted molar refractivity (Wildman–Crippen MR) is 101 cm³/mol. The summed E-state index contributed by atoms with van der Waals surface area (Å²) in [4.78, 5) is 0.0439. The predicted octanol–water partition coefficient (Wildman–Crippen LogP) is 4.48. The maximum absolute atomic E-state index is 12.3. The van der Waals surface area contributed by atoms with Crippen molar-refractivity contribution >= 4 is 32.8 Å². The van der Waals surface area contributed by atoms with Crippen molar-refractivity contribution in [3.63, 3.8) is 0 Å². The van der Waals surface area contributed by atoms with Gasteiger partial charge in [0.1, 0.15) is 17.2 Å². The first kappa shape index (κ1) is 22.2. The summed E-state index contributed by atoms with van der Waals surface area (Å²) >= 11 is -0.0791. The van der Waals surface area contributed by atoms with Crippen molar-refractivity contribution in [2.45, 2.75) is 29.1 Å². The first-order chi connectivity index (χ1) is 12.9. The van der Waals surface area contributed by atoms with Crippen LogP contribution >= 0.6 is 11.8 Å². The van der Waals surface area contributed by atoms with Gasteiger partial charge in [0.25, 0.3) is 0 Å². The number of aryl methyl sites for hydroxylation is 3. The van der Waals surface area contributed by atoms with Gasteiger partial charge < -0.3 is 4.55 Å². The van der Waals surface area contributed by atoms with E-state index in [-0.39, 0.29) is 21.6 Å². The van der Waals surface area contributed by atoms with Crippen LogP contribution in [0.15, 0.2) is 64.5 Å². The quantitative estimate of drug-likeness (QED) is 0.342. The van der Waals surface area contributed by atoms with Crippen LogP contribution in [0.5, 0.6) is 0 Å². The van der Waals surface area contributed by atoms with Crippen LogP contribution in [0.4, 0.5) is 13.2 Å². The van der Waals surface area contributed by atoms with Crippen LogP contribution in [-0.4, -0.2) is 18.5 Å². The summed E-state index contributed by atoms with van der Waals surface area (Å²) < 4.78 is 69.9. The molecule has 0 amide bonds. The van der Waals surface area contributed by atoms with Crippen molar-refractivity contribution in [3.05, 3.63) is 65.9 Å². The molecule has 0 saturated heterocycles. The van der Waals surface area contributed by atoms with E-state index in [4.69, 9.17) is 0 Å². The number of hydrogen-bond acceptors (Lipinski definition) is 4. The molecule has 9 heteroatoms. The molecule has 150 valence electrons. The van der Waals surface area contributed by atoms with Gasteiger partial charge in [-0.15, -0.1) is 0 Å². The summed E-state index contributed by atoms with van der Waals surface area (Å²) in [6.45, 7) is 3.71. The maximum atomic E-state index is 12.3. The summed E-state index contributed by atoms with van der Waals surface area (Å²) in [6, 6.07) is 12.5. The van der Waals surface area contributed by atoms with Crippen molar-refractivity contribution in [3.8, 4) is 0 Å². The SMILES string of the molecule is Cc1cc[n+](C)c2ccc(SC(F)(F)F)cc12.Cc1ccc(S(=O)(=O)[O-])cc1. The fourth-order valence-electron chi connectivity index (χ4n) is 2.43. The highest BCUT2D eigenvalue weighted by Gasteiger charge is 2.29. The minimum atomic E-state index is -4.27. The van der Waals surface area contributed by atoms with E-state index in [0.717, 1.165) is 22.0 Å². The number of benzene rings is 2. The topological polar surface area (TPSA) is 61.1 Å². The number of rotatable bonds is 2. The van der Waals surface area contributed by atoms with E-state index in [1.54, 1.807) is 24.3 Å². The molecule has 4 nitrogen and oxygen atoms in total. The summed E-state index contributed by atoms with van der Waals surface area (Å²) in [5, 5.41) is 0.851. The number of aromatic nitrogens is 1. The summed E-state index contributed by atoms with van der Waals surface area (Å²) in [5.41, 5.74) is -1.41. The Labute approximate surface area is 165 Å². The van der Waals surface area contributed by atoms with Crippen LogP contribution in [0.3, 0.4) is 0 Å². The number of thioether (sulfide) groups is 1. The number of pyridine rings is 1. The molecular weight excluding hydrogens is 411 g/mol. The molecular formula is C19H18F3NO3S2. The fourth-order valence-corrected chi connectivity index (χ4v) is 3.48. The molecule has 0 radical (unpaired) electrons. The van der Waals surface area contributed by atoms with Gasteiger partial charge >= 0.3 is 5.51 Å².